The molecule has 3 aromatic rings. The number of carbonyl (C=O) groups excluding carboxylic acids is 1. The largest absolute Gasteiger partial charge is 0.334 e. The minimum absolute atomic E-state index is 0.266. The van der Waals surface area contributed by atoms with E-state index in [1.54, 1.807) is 12.1 Å². The summed E-state index contributed by atoms with van der Waals surface area (Å²) in [4.78, 5) is 14.5. The quantitative estimate of drug-likeness (QED) is 0.627. The second-order valence-electron chi connectivity index (χ2n) is 6.59. The summed E-state index contributed by atoms with van der Waals surface area (Å²) in [6, 6.07) is 17.5. The lowest BCUT2D eigenvalue weighted by molar-refractivity contribution is 0.251. The molecule has 138 valence electrons. The summed E-state index contributed by atoms with van der Waals surface area (Å²) < 4.78 is 0. The van der Waals surface area contributed by atoms with Gasteiger partial charge in [0.25, 0.3) is 0 Å². The zero-order valence-electron chi connectivity index (χ0n) is 14.7. The normalized spacial score (nSPS) is 13.4. The number of rotatable bonds is 5. The van der Waals surface area contributed by atoms with Crippen LogP contribution >= 0.6 is 11.6 Å². The van der Waals surface area contributed by atoms with Gasteiger partial charge in [-0.15, -0.1) is 0 Å². The van der Waals surface area contributed by atoms with Crippen LogP contribution < -0.4 is 10.6 Å². The van der Waals surface area contributed by atoms with Gasteiger partial charge < -0.3 is 5.32 Å². The monoisotopic (exact) mass is 381 g/mol. The molecule has 4 rings (SSSR count). The fourth-order valence-corrected chi connectivity index (χ4v) is 3.32. The lowest BCUT2D eigenvalue weighted by atomic mass is 10.2. The molecule has 6 nitrogen and oxygen atoms in total. The highest BCUT2D eigenvalue weighted by molar-refractivity contribution is 6.30. The Labute approximate surface area is 162 Å². The van der Waals surface area contributed by atoms with E-state index < -0.39 is 0 Å². The predicted octanol–water partition coefficient (Wildman–Crippen LogP) is 3.90. The summed E-state index contributed by atoms with van der Waals surface area (Å²) in [5.41, 5.74) is 4.28. The lowest BCUT2D eigenvalue weighted by Crippen LogP contribution is -2.28. The van der Waals surface area contributed by atoms with Crippen LogP contribution in [0.5, 0.6) is 0 Å². The summed E-state index contributed by atoms with van der Waals surface area (Å²) in [6.45, 7) is 2.82. The molecule has 2 heterocycles. The third-order valence-electron chi connectivity index (χ3n) is 4.56. The number of amides is 2. The van der Waals surface area contributed by atoms with E-state index in [9.17, 15) is 4.79 Å². The molecule has 0 radical (unpaired) electrons. The predicted molar refractivity (Wildman–Crippen MR) is 105 cm³/mol. The average Bonchev–Trinajstić information content (AvgIpc) is 3.23. The van der Waals surface area contributed by atoms with E-state index in [2.05, 4.69) is 37.9 Å². The Hall–Kier alpha value is -2.83. The van der Waals surface area contributed by atoms with Gasteiger partial charge in [-0.2, -0.15) is 5.10 Å². The van der Waals surface area contributed by atoms with Crippen molar-refractivity contribution in [1.29, 1.82) is 0 Å². The second kappa shape index (κ2) is 7.82. The van der Waals surface area contributed by atoms with E-state index in [4.69, 9.17) is 11.6 Å². The van der Waals surface area contributed by atoms with Crippen LogP contribution in [-0.4, -0.2) is 21.1 Å². The van der Waals surface area contributed by atoms with Gasteiger partial charge in [0.2, 0.25) is 0 Å². The third-order valence-corrected chi connectivity index (χ3v) is 4.81. The number of hydrogen-bond donors (Lipinski definition) is 3. The molecule has 7 heteroatoms. The second-order valence-corrected chi connectivity index (χ2v) is 7.03. The number of urea groups is 1. The molecule has 0 fully saturated rings. The van der Waals surface area contributed by atoms with Crippen LogP contribution in [0.15, 0.2) is 54.6 Å². The Kier molecular flexibility index (Phi) is 5.09. The zero-order chi connectivity index (χ0) is 18.6. The first-order chi connectivity index (χ1) is 13.2. The van der Waals surface area contributed by atoms with Crippen molar-refractivity contribution in [2.45, 2.75) is 26.2 Å². The van der Waals surface area contributed by atoms with Crippen molar-refractivity contribution in [3.05, 3.63) is 82.0 Å². The molecule has 0 atom stereocenters. The highest BCUT2D eigenvalue weighted by atomic mass is 35.5. The first-order valence-electron chi connectivity index (χ1n) is 8.79. The molecule has 27 heavy (non-hydrogen) atoms. The number of nitrogens with zero attached hydrogens (tertiary/aromatic N) is 2. The zero-order valence-corrected chi connectivity index (χ0v) is 15.5. The highest BCUT2D eigenvalue weighted by Crippen LogP contribution is 2.28. The van der Waals surface area contributed by atoms with Crippen LogP contribution in [0.25, 0.3) is 0 Å². The van der Waals surface area contributed by atoms with Crippen molar-refractivity contribution < 1.29 is 4.79 Å². The molecule has 0 unspecified atom stereocenters. The molecule has 0 bridgehead atoms. The van der Waals surface area contributed by atoms with Crippen LogP contribution in [-0.2, 0) is 26.2 Å². The van der Waals surface area contributed by atoms with Crippen molar-refractivity contribution in [2.75, 3.05) is 5.32 Å². The van der Waals surface area contributed by atoms with Crippen LogP contribution in [0.4, 0.5) is 10.6 Å². The van der Waals surface area contributed by atoms with Crippen molar-refractivity contribution >= 4 is 23.4 Å². The molecule has 2 aromatic carbocycles. The Bertz CT molecular complexity index is 923. The van der Waals surface area contributed by atoms with Gasteiger partial charge in [-0.1, -0.05) is 54.1 Å². The van der Waals surface area contributed by atoms with Gasteiger partial charge in [0.05, 0.1) is 5.69 Å². The van der Waals surface area contributed by atoms with Gasteiger partial charge in [0.1, 0.15) is 5.82 Å². The number of anilines is 1. The summed E-state index contributed by atoms with van der Waals surface area (Å²) in [7, 11) is 0. The number of benzene rings is 2. The SMILES string of the molecule is O=C(NCc1ccc(Cl)cc1)Nc1[nH]nc2c1CN(Cc1ccccc1)C2. The van der Waals surface area contributed by atoms with Gasteiger partial charge in [-0.05, 0) is 23.3 Å². The molecule has 1 aliphatic rings. The Morgan fingerprint density at radius 3 is 2.63 bits per heavy atom. The van der Waals surface area contributed by atoms with Gasteiger partial charge in [-0.3, -0.25) is 15.3 Å². The van der Waals surface area contributed by atoms with Crippen LogP contribution in [0.3, 0.4) is 0 Å². The minimum atomic E-state index is -0.266. The van der Waals surface area contributed by atoms with E-state index in [1.807, 2.05) is 30.3 Å². The molecule has 0 aliphatic carbocycles. The summed E-state index contributed by atoms with van der Waals surface area (Å²) in [6.07, 6.45) is 0. The van der Waals surface area contributed by atoms with Crippen molar-refractivity contribution in [3.8, 4) is 0 Å². The maximum atomic E-state index is 12.2. The minimum Gasteiger partial charge on any atom is -0.334 e. The van der Waals surface area contributed by atoms with Gasteiger partial charge in [0, 0.05) is 36.8 Å². The number of hydrogen-bond acceptors (Lipinski definition) is 3. The summed E-state index contributed by atoms with van der Waals surface area (Å²) in [5.74, 6) is 0.661. The van der Waals surface area contributed by atoms with Gasteiger partial charge >= 0.3 is 6.03 Å². The van der Waals surface area contributed by atoms with E-state index in [0.717, 1.165) is 36.5 Å². The molecule has 0 saturated heterocycles. The maximum Gasteiger partial charge on any atom is 0.320 e. The van der Waals surface area contributed by atoms with Crippen LogP contribution in [0.2, 0.25) is 5.02 Å². The molecular weight excluding hydrogens is 362 g/mol. The van der Waals surface area contributed by atoms with Gasteiger partial charge in [0.15, 0.2) is 0 Å². The molecule has 2 amide bonds. The molecule has 3 N–H and O–H groups in total. The maximum absolute atomic E-state index is 12.2. The van der Waals surface area contributed by atoms with E-state index in [-0.39, 0.29) is 6.03 Å². The number of aromatic amines is 1. The third kappa shape index (κ3) is 4.30. The average molecular weight is 382 g/mol. The topological polar surface area (TPSA) is 73.0 Å². The van der Waals surface area contributed by atoms with Crippen molar-refractivity contribution in [2.24, 2.45) is 0 Å². The number of nitrogens with one attached hydrogen (secondary N) is 3. The highest BCUT2D eigenvalue weighted by Gasteiger charge is 2.25. The first kappa shape index (κ1) is 17.6. The fourth-order valence-electron chi connectivity index (χ4n) is 3.19. The van der Waals surface area contributed by atoms with E-state index in [1.165, 1.54) is 5.56 Å². The molecule has 0 saturated carbocycles. The smallest absolute Gasteiger partial charge is 0.320 e. The van der Waals surface area contributed by atoms with Crippen molar-refractivity contribution in [3.63, 3.8) is 0 Å². The van der Waals surface area contributed by atoms with E-state index >= 15 is 0 Å². The fraction of sp³-hybridized carbons (Fsp3) is 0.200. The Balaban J connectivity index is 1.32. The van der Waals surface area contributed by atoms with E-state index in [0.29, 0.717) is 17.4 Å². The Morgan fingerprint density at radius 1 is 1.07 bits per heavy atom. The standard InChI is InChI=1S/C20H20ClN5O/c21-16-8-6-14(7-9-16)10-22-20(27)23-19-17-12-26(13-18(17)24-25-19)11-15-4-2-1-3-5-15/h1-9H,10-13H2,(H3,22,23,24,25,27). The number of halogens is 1. The lowest BCUT2D eigenvalue weighted by Gasteiger charge is -2.15. The number of H-pyrrole nitrogens is 1. The number of carbonyl (C=O) groups is 1. The number of fused-ring (bicyclic) bond motifs is 1. The summed E-state index contributed by atoms with van der Waals surface area (Å²) >= 11 is 5.87. The summed E-state index contributed by atoms with van der Waals surface area (Å²) in [5, 5.41) is 13.7. The molecule has 1 aromatic heterocycles. The van der Waals surface area contributed by atoms with Crippen molar-refractivity contribution in [1.82, 2.24) is 20.4 Å². The number of aromatic nitrogens is 2. The van der Waals surface area contributed by atoms with Gasteiger partial charge in [-0.25, -0.2) is 4.79 Å². The first-order valence-corrected chi connectivity index (χ1v) is 9.17. The Morgan fingerprint density at radius 2 is 1.85 bits per heavy atom. The van der Waals surface area contributed by atoms with Crippen LogP contribution in [0, 0.1) is 0 Å². The molecule has 1 aliphatic heterocycles. The molecule has 0 spiro atoms. The van der Waals surface area contributed by atoms with Crippen LogP contribution in [0.1, 0.15) is 22.4 Å². The molecular formula is C20H20ClN5O.